The Morgan fingerprint density at radius 2 is 1.74 bits per heavy atom. The Morgan fingerprint density at radius 3 is 2.32 bits per heavy atom. The van der Waals surface area contributed by atoms with Crippen molar-refractivity contribution in [3.63, 3.8) is 0 Å². The third-order valence-electron chi connectivity index (χ3n) is 2.32. The molecule has 2 rings (SSSR count). The average molecular weight is 346 g/mol. The lowest BCUT2D eigenvalue weighted by molar-refractivity contribution is 0.475. The van der Waals surface area contributed by atoms with Crippen molar-refractivity contribution in [2.75, 3.05) is 4.72 Å². The lowest BCUT2D eigenvalue weighted by atomic mass is 10.3. The highest BCUT2D eigenvalue weighted by atomic mass is 79.9. The molecule has 0 saturated carbocycles. The number of nitrogens with one attached hydrogen (secondary N) is 1. The topological polar surface area (TPSA) is 66.4 Å². The fourth-order valence-electron chi connectivity index (χ4n) is 1.40. The average Bonchev–Trinajstić information content (AvgIpc) is 2.33. The zero-order chi connectivity index (χ0) is 14.0. The predicted octanol–water partition coefficient (Wildman–Crippen LogP) is 3.09. The number of halogens is 2. The van der Waals surface area contributed by atoms with Crippen LogP contribution in [0.3, 0.4) is 0 Å². The molecule has 0 heterocycles. The number of hydrogen-bond donors (Lipinski definition) is 2. The largest absolute Gasteiger partial charge is 0.508 e. The van der Waals surface area contributed by atoms with Crippen LogP contribution in [-0.2, 0) is 10.0 Å². The maximum atomic E-state index is 13.6. The molecule has 19 heavy (non-hydrogen) atoms. The van der Waals surface area contributed by atoms with Crippen LogP contribution in [0.4, 0.5) is 10.1 Å². The van der Waals surface area contributed by atoms with Gasteiger partial charge in [0.2, 0.25) is 0 Å². The Balaban J connectivity index is 2.33. The number of aromatic hydroxyl groups is 1. The zero-order valence-electron chi connectivity index (χ0n) is 9.47. The van der Waals surface area contributed by atoms with Gasteiger partial charge in [-0.2, -0.15) is 0 Å². The molecule has 4 nitrogen and oxygen atoms in total. The lowest BCUT2D eigenvalue weighted by Gasteiger charge is -2.09. The maximum absolute atomic E-state index is 13.6. The van der Waals surface area contributed by atoms with Crippen LogP contribution in [0.25, 0.3) is 0 Å². The smallest absolute Gasteiger partial charge is 0.261 e. The lowest BCUT2D eigenvalue weighted by Crippen LogP contribution is -2.13. The van der Waals surface area contributed by atoms with E-state index in [0.717, 1.165) is 6.07 Å². The van der Waals surface area contributed by atoms with Gasteiger partial charge in [0.25, 0.3) is 10.0 Å². The molecular formula is C12H9BrFNO3S. The Kier molecular flexibility index (Phi) is 3.77. The number of hydrogen-bond acceptors (Lipinski definition) is 3. The number of phenols is 1. The molecule has 0 aliphatic heterocycles. The van der Waals surface area contributed by atoms with Gasteiger partial charge in [0.05, 0.1) is 10.6 Å². The molecule has 100 valence electrons. The van der Waals surface area contributed by atoms with E-state index < -0.39 is 15.8 Å². The van der Waals surface area contributed by atoms with Gasteiger partial charge in [0, 0.05) is 4.47 Å². The first-order valence-electron chi connectivity index (χ1n) is 5.15. The summed E-state index contributed by atoms with van der Waals surface area (Å²) in [4.78, 5) is -0.0624. The Bertz CT molecular complexity index is 701. The first-order chi connectivity index (χ1) is 8.88. The van der Waals surface area contributed by atoms with E-state index in [9.17, 15) is 12.8 Å². The molecule has 0 aliphatic rings. The summed E-state index contributed by atoms with van der Waals surface area (Å²) in [6, 6.07) is 8.95. The molecule has 0 fully saturated rings. The molecule has 0 aliphatic carbocycles. The van der Waals surface area contributed by atoms with E-state index in [1.807, 2.05) is 0 Å². The van der Waals surface area contributed by atoms with Crippen molar-refractivity contribution >= 4 is 31.6 Å². The van der Waals surface area contributed by atoms with Gasteiger partial charge >= 0.3 is 0 Å². The monoisotopic (exact) mass is 345 g/mol. The molecule has 0 aromatic heterocycles. The normalized spacial score (nSPS) is 11.3. The summed E-state index contributed by atoms with van der Waals surface area (Å²) >= 11 is 3.08. The third kappa shape index (κ3) is 3.24. The van der Waals surface area contributed by atoms with Crippen molar-refractivity contribution < 1.29 is 17.9 Å². The Labute approximate surface area is 118 Å². The molecule has 2 aromatic rings. The van der Waals surface area contributed by atoms with E-state index in [1.165, 1.54) is 36.4 Å². The minimum atomic E-state index is -3.88. The van der Waals surface area contributed by atoms with Crippen molar-refractivity contribution in [3.05, 3.63) is 52.8 Å². The molecule has 0 spiro atoms. The van der Waals surface area contributed by atoms with Crippen molar-refractivity contribution in [1.29, 1.82) is 0 Å². The third-order valence-corrected chi connectivity index (χ3v) is 4.20. The number of anilines is 1. The molecule has 0 amide bonds. The fourth-order valence-corrected chi connectivity index (χ4v) is 2.80. The quantitative estimate of drug-likeness (QED) is 0.898. The highest BCUT2D eigenvalue weighted by Crippen LogP contribution is 2.23. The summed E-state index contributed by atoms with van der Waals surface area (Å²) < 4.78 is 40.2. The summed E-state index contributed by atoms with van der Waals surface area (Å²) in [5.41, 5.74) is -0.142. The van der Waals surface area contributed by atoms with Gasteiger partial charge in [-0.05, 0) is 42.5 Å². The van der Waals surface area contributed by atoms with Gasteiger partial charge in [-0.3, -0.25) is 4.72 Å². The second-order valence-corrected chi connectivity index (χ2v) is 6.32. The van der Waals surface area contributed by atoms with Crippen molar-refractivity contribution in [2.24, 2.45) is 0 Å². The molecule has 0 atom stereocenters. The summed E-state index contributed by atoms with van der Waals surface area (Å²) in [5, 5.41) is 9.11. The van der Waals surface area contributed by atoms with E-state index in [1.54, 1.807) is 0 Å². The van der Waals surface area contributed by atoms with Crippen LogP contribution in [0.15, 0.2) is 51.8 Å². The van der Waals surface area contributed by atoms with E-state index in [4.69, 9.17) is 5.11 Å². The molecule has 7 heteroatoms. The van der Waals surface area contributed by atoms with Crippen molar-refractivity contribution in [2.45, 2.75) is 4.90 Å². The molecule has 2 aromatic carbocycles. The van der Waals surface area contributed by atoms with Crippen molar-refractivity contribution in [3.8, 4) is 5.75 Å². The van der Waals surface area contributed by atoms with Crippen molar-refractivity contribution in [1.82, 2.24) is 0 Å². The minimum absolute atomic E-state index is 0.0474. The molecule has 2 N–H and O–H groups in total. The van der Waals surface area contributed by atoms with Gasteiger partial charge in [-0.25, -0.2) is 12.8 Å². The van der Waals surface area contributed by atoms with Crippen LogP contribution >= 0.6 is 15.9 Å². The fraction of sp³-hybridized carbons (Fsp3) is 0. The van der Waals surface area contributed by atoms with Gasteiger partial charge in [-0.1, -0.05) is 15.9 Å². The second-order valence-electron chi connectivity index (χ2n) is 3.72. The first-order valence-corrected chi connectivity index (χ1v) is 7.43. The second kappa shape index (κ2) is 5.18. The van der Waals surface area contributed by atoms with Gasteiger partial charge in [0.15, 0.2) is 0 Å². The van der Waals surface area contributed by atoms with E-state index in [-0.39, 0.29) is 16.3 Å². The molecule has 0 bridgehead atoms. The maximum Gasteiger partial charge on any atom is 0.261 e. The standard InChI is InChI=1S/C12H9BrFNO3S/c13-8-1-6-12(11(14)7-8)15-19(17,18)10-4-2-9(16)3-5-10/h1-7,15-16H. The van der Waals surface area contributed by atoms with Crippen LogP contribution in [0.5, 0.6) is 5.75 Å². The van der Waals surface area contributed by atoms with Crippen LogP contribution in [0.2, 0.25) is 0 Å². The Hall–Kier alpha value is -1.60. The van der Waals surface area contributed by atoms with E-state index >= 15 is 0 Å². The highest BCUT2D eigenvalue weighted by Gasteiger charge is 2.16. The van der Waals surface area contributed by atoms with Crippen LogP contribution in [0.1, 0.15) is 0 Å². The number of phenolic OH excluding ortho intramolecular Hbond substituents is 1. The van der Waals surface area contributed by atoms with Crippen LogP contribution in [0, 0.1) is 5.82 Å². The molecular weight excluding hydrogens is 337 g/mol. The predicted molar refractivity (Wildman–Crippen MR) is 73.0 cm³/mol. The van der Waals surface area contributed by atoms with Crippen LogP contribution < -0.4 is 4.72 Å². The first kappa shape index (κ1) is 13.8. The number of rotatable bonds is 3. The summed E-state index contributed by atoms with van der Waals surface area (Å²) in [6.07, 6.45) is 0. The van der Waals surface area contributed by atoms with Gasteiger partial charge < -0.3 is 5.11 Å². The minimum Gasteiger partial charge on any atom is -0.508 e. The molecule has 0 saturated heterocycles. The Morgan fingerprint density at radius 1 is 1.11 bits per heavy atom. The number of sulfonamides is 1. The van der Waals surface area contributed by atoms with E-state index in [0.29, 0.717) is 4.47 Å². The SMILES string of the molecule is O=S(=O)(Nc1ccc(Br)cc1F)c1ccc(O)cc1. The van der Waals surface area contributed by atoms with E-state index in [2.05, 4.69) is 20.7 Å². The summed E-state index contributed by atoms with van der Waals surface area (Å²) in [6.45, 7) is 0. The van der Waals surface area contributed by atoms with Crippen LogP contribution in [-0.4, -0.2) is 13.5 Å². The molecule has 0 unspecified atom stereocenters. The zero-order valence-corrected chi connectivity index (χ0v) is 11.9. The molecule has 0 radical (unpaired) electrons. The summed E-state index contributed by atoms with van der Waals surface area (Å²) in [5.74, 6) is -0.731. The summed E-state index contributed by atoms with van der Waals surface area (Å²) in [7, 11) is -3.88. The van der Waals surface area contributed by atoms with Gasteiger partial charge in [-0.15, -0.1) is 0 Å². The van der Waals surface area contributed by atoms with Gasteiger partial charge in [0.1, 0.15) is 11.6 Å². The highest BCUT2D eigenvalue weighted by molar-refractivity contribution is 9.10. The number of benzene rings is 2.